The van der Waals surface area contributed by atoms with Crippen molar-refractivity contribution in [3.05, 3.63) is 59.1 Å². The number of aliphatic hydroxyl groups excluding tert-OH is 1. The van der Waals surface area contributed by atoms with Gasteiger partial charge in [0, 0.05) is 50.0 Å². The van der Waals surface area contributed by atoms with Gasteiger partial charge in [0.25, 0.3) is 0 Å². The van der Waals surface area contributed by atoms with Crippen LogP contribution < -0.4 is 5.32 Å². The number of anilines is 2. The van der Waals surface area contributed by atoms with Crippen LogP contribution in [0.5, 0.6) is 0 Å². The molecule has 5 rings (SSSR count). The summed E-state index contributed by atoms with van der Waals surface area (Å²) in [6.45, 7) is 3.97. The number of hydrogen-bond donors (Lipinski definition) is 2. The number of carbonyl (C=O) groups excluding carboxylic acids is 1. The van der Waals surface area contributed by atoms with E-state index in [9.17, 15) is 9.90 Å². The van der Waals surface area contributed by atoms with Crippen LogP contribution in [0.4, 0.5) is 11.4 Å². The molecule has 3 aliphatic rings. The summed E-state index contributed by atoms with van der Waals surface area (Å²) >= 11 is 5.65. The number of aliphatic hydroxyl groups is 1. The Hall–Kier alpha value is -2.08. The molecular weight excluding hydrogens is 362 g/mol. The Morgan fingerprint density at radius 2 is 1.93 bits per heavy atom. The Bertz CT molecular complexity index is 763. The second-order valence-corrected chi connectivity index (χ2v) is 7.55. The molecule has 6 heteroatoms. The van der Waals surface area contributed by atoms with Gasteiger partial charge in [-0.2, -0.15) is 0 Å². The highest BCUT2D eigenvalue weighted by Gasteiger charge is 2.26. The van der Waals surface area contributed by atoms with E-state index in [1.165, 1.54) is 0 Å². The molecule has 27 heavy (non-hydrogen) atoms. The molecule has 0 aliphatic carbocycles. The molecule has 2 N–H and O–H groups in total. The van der Waals surface area contributed by atoms with Crippen LogP contribution in [0.1, 0.15) is 24.9 Å². The summed E-state index contributed by atoms with van der Waals surface area (Å²) in [6, 6.07) is 16.0. The van der Waals surface area contributed by atoms with Crippen molar-refractivity contribution >= 4 is 28.9 Å². The molecule has 144 valence electrons. The van der Waals surface area contributed by atoms with Crippen LogP contribution >= 0.6 is 11.6 Å². The molecule has 0 saturated carbocycles. The van der Waals surface area contributed by atoms with Gasteiger partial charge >= 0.3 is 0 Å². The van der Waals surface area contributed by atoms with E-state index in [1.807, 2.05) is 43.4 Å². The monoisotopic (exact) mass is 387 g/mol. The fourth-order valence-corrected chi connectivity index (χ4v) is 3.63. The molecule has 2 bridgehead atoms. The standard InChI is InChI=1S/C15H22N2O2.C6H4ClN/c1-12(18)16(2)15(13-6-4-3-5-7-13)11-17-9-8-14(19)10-17;7-4-1-5-3-6(2-4)8-5/h3-7,14-15,19H,8-11H2,1-2H3;1-3,8H. The summed E-state index contributed by atoms with van der Waals surface area (Å²) < 4.78 is 0. The van der Waals surface area contributed by atoms with E-state index in [1.54, 1.807) is 11.8 Å². The van der Waals surface area contributed by atoms with E-state index >= 15 is 0 Å². The van der Waals surface area contributed by atoms with Crippen molar-refractivity contribution in [2.45, 2.75) is 25.5 Å². The number of fused-ring (bicyclic) bond motifs is 2. The van der Waals surface area contributed by atoms with E-state index < -0.39 is 0 Å². The number of benzene rings is 2. The zero-order valence-corrected chi connectivity index (χ0v) is 16.5. The average Bonchev–Trinajstić information content (AvgIpc) is 3.04. The number of rotatable bonds is 4. The average molecular weight is 388 g/mol. The maximum Gasteiger partial charge on any atom is 0.219 e. The summed E-state index contributed by atoms with van der Waals surface area (Å²) in [7, 11) is 1.84. The van der Waals surface area contributed by atoms with Gasteiger partial charge in [-0.05, 0) is 30.2 Å². The molecule has 2 atom stereocenters. The zero-order chi connectivity index (χ0) is 19.4. The molecule has 2 unspecified atom stereocenters. The van der Waals surface area contributed by atoms with E-state index in [-0.39, 0.29) is 18.1 Å². The lowest BCUT2D eigenvalue weighted by molar-refractivity contribution is -0.130. The molecule has 0 aromatic heterocycles. The highest BCUT2D eigenvalue weighted by molar-refractivity contribution is 6.31. The molecule has 2 aromatic carbocycles. The first-order valence-corrected chi connectivity index (χ1v) is 9.56. The van der Waals surface area contributed by atoms with Gasteiger partial charge in [0.15, 0.2) is 0 Å². The van der Waals surface area contributed by atoms with Crippen molar-refractivity contribution in [2.24, 2.45) is 0 Å². The lowest BCUT2D eigenvalue weighted by Gasteiger charge is -2.31. The second kappa shape index (κ2) is 8.74. The molecular formula is C21H26ClN3O2. The molecule has 2 aromatic rings. The molecule has 0 spiro atoms. The second-order valence-electron chi connectivity index (χ2n) is 7.11. The van der Waals surface area contributed by atoms with Gasteiger partial charge in [0.1, 0.15) is 0 Å². The number of likely N-dealkylation sites (N-methyl/N-ethyl adjacent to an activating group) is 1. The Morgan fingerprint density at radius 3 is 2.37 bits per heavy atom. The molecule has 0 radical (unpaired) electrons. The van der Waals surface area contributed by atoms with Crippen LogP contribution in [-0.4, -0.2) is 53.6 Å². The van der Waals surface area contributed by atoms with Crippen LogP contribution in [-0.2, 0) is 4.79 Å². The molecule has 1 fully saturated rings. The van der Waals surface area contributed by atoms with Gasteiger partial charge in [0.05, 0.1) is 12.1 Å². The van der Waals surface area contributed by atoms with Crippen molar-refractivity contribution in [1.82, 2.24) is 9.80 Å². The Labute approximate surface area is 165 Å². The van der Waals surface area contributed by atoms with Crippen LogP contribution in [0, 0.1) is 0 Å². The summed E-state index contributed by atoms with van der Waals surface area (Å²) in [5, 5.41) is 13.5. The number of amides is 1. The van der Waals surface area contributed by atoms with Crippen molar-refractivity contribution < 1.29 is 9.90 Å². The first-order valence-electron chi connectivity index (χ1n) is 9.19. The molecule has 1 saturated heterocycles. The predicted octanol–water partition coefficient (Wildman–Crippen LogP) is 3.67. The summed E-state index contributed by atoms with van der Waals surface area (Å²) in [6.07, 6.45) is 0.602. The number of halogens is 1. The Morgan fingerprint density at radius 1 is 1.30 bits per heavy atom. The van der Waals surface area contributed by atoms with Crippen molar-refractivity contribution in [1.29, 1.82) is 0 Å². The van der Waals surface area contributed by atoms with Crippen molar-refractivity contribution in [3.8, 4) is 0 Å². The number of hydrogen-bond acceptors (Lipinski definition) is 4. The highest BCUT2D eigenvalue weighted by atomic mass is 35.5. The summed E-state index contributed by atoms with van der Waals surface area (Å²) in [4.78, 5) is 15.7. The molecule has 5 nitrogen and oxygen atoms in total. The zero-order valence-electron chi connectivity index (χ0n) is 15.7. The van der Waals surface area contributed by atoms with Crippen LogP contribution in [0.15, 0.2) is 48.5 Å². The van der Waals surface area contributed by atoms with Gasteiger partial charge in [0.2, 0.25) is 5.91 Å². The normalized spacial score (nSPS) is 18.6. The molecule has 3 heterocycles. The number of nitrogens with zero attached hydrogens (tertiary/aromatic N) is 2. The quantitative estimate of drug-likeness (QED) is 0.717. The van der Waals surface area contributed by atoms with E-state index in [4.69, 9.17) is 11.6 Å². The largest absolute Gasteiger partial charge is 0.392 e. The maximum atomic E-state index is 11.7. The number of carbonyl (C=O) groups is 1. The van der Waals surface area contributed by atoms with E-state index in [0.29, 0.717) is 6.54 Å². The van der Waals surface area contributed by atoms with E-state index in [2.05, 4.69) is 22.3 Å². The van der Waals surface area contributed by atoms with Crippen LogP contribution in [0.25, 0.3) is 0 Å². The van der Waals surface area contributed by atoms with Gasteiger partial charge < -0.3 is 15.3 Å². The number of β-amino-alcohol motifs (C(OH)–C–C–N with tert-alkyl or cyclic N) is 1. The minimum atomic E-state index is -0.223. The Kier molecular flexibility index (Phi) is 6.37. The van der Waals surface area contributed by atoms with Gasteiger partial charge in [-0.1, -0.05) is 41.9 Å². The van der Waals surface area contributed by atoms with Crippen molar-refractivity contribution in [3.63, 3.8) is 0 Å². The molecule has 3 aliphatic heterocycles. The first kappa shape index (κ1) is 19.7. The minimum Gasteiger partial charge on any atom is -0.392 e. The topological polar surface area (TPSA) is 55.8 Å². The first-order chi connectivity index (χ1) is 12.9. The fraction of sp³-hybridized carbons (Fsp3) is 0.381. The third-order valence-electron chi connectivity index (χ3n) is 5.01. The summed E-state index contributed by atoms with van der Waals surface area (Å²) in [5.41, 5.74) is 3.38. The lowest BCUT2D eigenvalue weighted by atomic mass is 10.1. The number of likely N-dealkylation sites (tertiary alicyclic amines) is 1. The Balaban J connectivity index is 0.000000216. The minimum absolute atomic E-state index is 0.0454. The summed E-state index contributed by atoms with van der Waals surface area (Å²) in [5.74, 6) is 0.0635. The smallest absolute Gasteiger partial charge is 0.219 e. The molecule has 1 amide bonds. The highest BCUT2D eigenvalue weighted by Crippen LogP contribution is 2.32. The van der Waals surface area contributed by atoms with Gasteiger partial charge in [-0.25, -0.2) is 0 Å². The third kappa shape index (κ3) is 5.22. The fourth-order valence-electron chi connectivity index (χ4n) is 3.39. The SMILES string of the molecule is CC(=O)N(C)C(CN1CCC(O)C1)c1ccccc1.Clc1cc2cc(c1)N2. The van der Waals surface area contributed by atoms with Crippen LogP contribution in [0.3, 0.4) is 0 Å². The predicted molar refractivity (Wildman–Crippen MR) is 109 cm³/mol. The maximum absolute atomic E-state index is 11.7. The van der Waals surface area contributed by atoms with Crippen molar-refractivity contribution in [2.75, 3.05) is 32.0 Å². The number of nitrogens with one attached hydrogen (secondary N) is 1. The third-order valence-corrected chi connectivity index (χ3v) is 5.23. The van der Waals surface area contributed by atoms with Gasteiger partial charge in [-0.3, -0.25) is 9.69 Å². The lowest BCUT2D eigenvalue weighted by Crippen LogP contribution is -2.38. The van der Waals surface area contributed by atoms with Crippen LogP contribution in [0.2, 0.25) is 5.02 Å². The van der Waals surface area contributed by atoms with E-state index in [0.717, 1.165) is 41.5 Å². The van der Waals surface area contributed by atoms with Gasteiger partial charge in [-0.15, -0.1) is 0 Å².